The second-order valence-electron chi connectivity index (χ2n) is 9.79. The summed E-state index contributed by atoms with van der Waals surface area (Å²) in [6.45, 7) is 2.93. The normalized spacial score (nSPS) is 10.6. The van der Waals surface area contributed by atoms with E-state index in [4.69, 9.17) is 0 Å². The van der Waals surface area contributed by atoms with E-state index in [0.717, 1.165) is 17.5 Å². The molecule has 0 radical (unpaired) electrons. The van der Waals surface area contributed by atoms with E-state index in [1.807, 2.05) is 85.8 Å². The lowest BCUT2D eigenvalue weighted by Gasteiger charge is -2.24. The van der Waals surface area contributed by atoms with Crippen molar-refractivity contribution in [1.82, 2.24) is 10.2 Å². The number of hydrogen-bond donors (Lipinski definition) is 2. The van der Waals surface area contributed by atoms with Crippen LogP contribution >= 0.6 is 0 Å². The molecule has 0 spiro atoms. The molecule has 0 aromatic heterocycles. The van der Waals surface area contributed by atoms with Crippen LogP contribution in [0.4, 0.5) is 0 Å². The zero-order chi connectivity index (χ0) is 28.3. The average Bonchev–Trinajstić information content (AvgIpc) is 2.98. The molecule has 0 aliphatic heterocycles. The number of benzene rings is 4. The van der Waals surface area contributed by atoms with Crippen molar-refractivity contribution in [3.63, 3.8) is 0 Å². The largest absolute Gasteiger partial charge is 0.481 e. The molecule has 0 bridgehead atoms. The van der Waals surface area contributed by atoms with Crippen LogP contribution < -0.4 is 5.32 Å². The third kappa shape index (κ3) is 7.67. The molecule has 6 nitrogen and oxygen atoms in total. The molecule has 4 aromatic rings. The first-order valence-electron chi connectivity index (χ1n) is 13.5. The van der Waals surface area contributed by atoms with Crippen molar-refractivity contribution < 1.29 is 19.5 Å². The summed E-state index contributed by atoms with van der Waals surface area (Å²) in [6.07, 6.45) is 1.34. The Bertz CT molecular complexity index is 1470. The molecule has 0 unspecified atom stereocenters. The topological polar surface area (TPSA) is 86.7 Å². The van der Waals surface area contributed by atoms with Gasteiger partial charge in [0.25, 0.3) is 11.8 Å². The third-order valence-corrected chi connectivity index (χ3v) is 6.77. The van der Waals surface area contributed by atoms with Gasteiger partial charge in [0.15, 0.2) is 0 Å². The highest BCUT2D eigenvalue weighted by Gasteiger charge is 2.22. The van der Waals surface area contributed by atoms with Gasteiger partial charge in [0.1, 0.15) is 0 Å². The Morgan fingerprint density at radius 3 is 2.05 bits per heavy atom. The predicted octanol–water partition coefficient (Wildman–Crippen LogP) is 6.14. The number of nitrogens with one attached hydrogen (secondary N) is 1. The van der Waals surface area contributed by atoms with Gasteiger partial charge < -0.3 is 15.3 Å². The van der Waals surface area contributed by atoms with Gasteiger partial charge in [0, 0.05) is 30.8 Å². The lowest BCUT2D eigenvalue weighted by atomic mass is 9.94. The third-order valence-electron chi connectivity index (χ3n) is 6.77. The van der Waals surface area contributed by atoms with E-state index in [2.05, 4.69) is 5.32 Å². The number of carbonyl (C=O) groups excluding carboxylic acids is 2. The van der Waals surface area contributed by atoms with E-state index < -0.39 is 5.97 Å². The fourth-order valence-corrected chi connectivity index (χ4v) is 4.75. The van der Waals surface area contributed by atoms with Crippen molar-refractivity contribution in [2.24, 2.45) is 0 Å². The smallest absolute Gasteiger partial charge is 0.305 e. The minimum absolute atomic E-state index is 0.107. The quantitative estimate of drug-likeness (QED) is 0.229. The first kappa shape index (κ1) is 28.3. The van der Waals surface area contributed by atoms with E-state index in [9.17, 15) is 19.5 Å². The van der Waals surface area contributed by atoms with Crippen molar-refractivity contribution in [3.8, 4) is 11.1 Å². The first-order valence-corrected chi connectivity index (χ1v) is 13.5. The summed E-state index contributed by atoms with van der Waals surface area (Å²) in [4.78, 5) is 40.1. The molecule has 40 heavy (non-hydrogen) atoms. The molecule has 0 atom stereocenters. The molecule has 0 heterocycles. The number of aryl methyl sites for hydroxylation is 2. The monoisotopic (exact) mass is 534 g/mol. The standard InChI is InChI=1S/C34H34N2O4/c1-25-11-9-14-27(23-25)24-35-33(39)30-18-7-5-16-28(30)29-17-6-8-19-31(29)34(40)36(22-20-32(37)38)21-10-15-26-12-3-2-4-13-26/h2-9,11-14,16-19,23H,10,15,20-22,24H2,1H3,(H,35,39)(H,37,38). The summed E-state index contributed by atoms with van der Waals surface area (Å²) in [5, 5.41) is 12.3. The second-order valence-corrected chi connectivity index (χ2v) is 9.79. The number of rotatable bonds is 12. The number of nitrogens with zero attached hydrogens (tertiary/aromatic N) is 1. The second kappa shape index (κ2) is 13.9. The molecule has 6 heteroatoms. The van der Waals surface area contributed by atoms with Crippen LogP contribution in [0, 0.1) is 6.92 Å². The lowest BCUT2D eigenvalue weighted by molar-refractivity contribution is -0.137. The van der Waals surface area contributed by atoms with Crippen LogP contribution in [0.25, 0.3) is 11.1 Å². The van der Waals surface area contributed by atoms with Crippen LogP contribution in [0.5, 0.6) is 0 Å². The molecule has 0 aliphatic rings. The highest BCUT2D eigenvalue weighted by Crippen LogP contribution is 2.28. The van der Waals surface area contributed by atoms with Crippen LogP contribution in [0.15, 0.2) is 103 Å². The van der Waals surface area contributed by atoms with Gasteiger partial charge in [-0.25, -0.2) is 0 Å². The summed E-state index contributed by atoms with van der Waals surface area (Å²) in [5.74, 6) is -1.44. The van der Waals surface area contributed by atoms with Crippen molar-refractivity contribution in [1.29, 1.82) is 0 Å². The number of hydrogen-bond acceptors (Lipinski definition) is 3. The van der Waals surface area contributed by atoms with Gasteiger partial charge in [0.05, 0.1) is 6.42 Å². The lowest BCUT2D eigenvalue weighted by Crippen LogP contribution is -2.34. The minimum Gasteiger partial charge on any atom is -0.481 e. The molecule has 2 amide bonds. The summed E-state index contributed by atoms with van der Waals surface area (Å²) >= 11 is 0. The highest BCUT2D eigenvalue weighted by atomic mass is 16.4. The Morgan fingerprint density at radius 2 is 1.35 bits per heavy atom. The van der Waals surface area contributed by atoms with Crippen LogP contribution in [0.3, 0.4) is 0 Å². The fourth-order valence-electron chi connectivity index (χ4n) is 4.75. The van der Waals surface area contributed by atoms with Crippen LogP contribution in [0.1, 0.15) is 50.2 Å². The maximum atomic E-state index is 13.9. The van der Waals surface area contributed by atoms with Gasteiger partial charge in [-0.05, 0) is 54.2 Å². The average molecular weight is 535 g/mol. The highest BCUT2D eigenvalue weighted by molar-refractivity contribution is 6.06. The van der Waals surface area contributed by atoms with E-state index >= 15 is 0 Å². The number of aliphatic carboxylic acids is 1. The maximum absolute atomic E-state index is 13.9. The molecule has 0 fully saturated rings. The number of amides is 2. The zero-order valence-electron chi connectivity index (χ0n) is 22.7. The SMILES string of the molecule is Cc1cccc(CNC(=O)c2ccccc2-c2ccccc2C(=O)N(CCCc2ccccc2)CCC(=O)O)c1. The van der Waals surface area contributed by atoms with Crippen molar-refractivity contribution in [3.05, 3.63) is 131 Å². The minimum atomic E-state index is -0.954. The van der Waals surface area contributed by atoms with Crippen molar-refractivity contribution in [2.75, 3.05) is 13.1 Å². The number of carboxylic acid groups (broad SMARTS) is 1. The molecule has 4 aromatic carbocycles. The van der Waals surface area contributed by atoms with Crippen molar-refractivity contribution in [2.45, 2.75) is 32.7 Å². The maximum Gasteiger partial charge on any atom is 0.305 e. The van der Waals surface area contributed by atoms with Gasteiger partial charge in [-0.2, -0.15) is 0 Å². The fraction of sp³-hybridized carbons (Fsp3) is 0.206. The van der Waals surface area contributed by atoms with Gasteiger partial charge in [-0.1, -0.05) is 96.6 Å². The molecular weight excluding hydrogens is 500 g/mol. The molecule has 0 saturated carbocycles. The number of carboxylic acids is 1. The van der Waals surface area contributed by atoms with E-state index in [1.54, 1.807) is 29.2 Å². The summed E-state index contributed by atoms with van der Waals surface area (Å²) in [7, 11) is 0. The summed E-state index contributed by atoms with van der Waals surface area (Å²) < 4.78 is 0. The van der Waals surface area contributed by atoms with E-state index in [-0.39, 0.29) is 24.8 Å². The Hall–Kier alpha value is -4.71. The molecule has 2 N–H and O–H groups in total. The Morgan fingerprint density at radius 1 is 0.725 bits per heavy atom. The Labute approximate surface area is 235 Å². The Balaban J connectivity index is 1.57. The van der Waals surface area contributed by atoms with Crippen LogP contribution in [-0.4, -0.2) is 40.9 Å². The molecule has 0 aliphatic carbocycles. The van der Waals surface area contributed by atoms with Gasteiger partial charge >= 0.3 is 5.97 Å². The molecule has 4 rings (SSSR count). The van der Waals surface area contributed by atoms with E-state index in [1.165, 1.54) is 5.56 Å². The summed E-state index contributed by atoms with van der Waals surface area (Å²) in [6, 6.07) is 32.4. The first-order chi connectivity index (χ1) is 19.4. The summed E-state index contributed by atoms with van der Waals surface area (Å²) in [5.41, 5.74) is 5.48. The van der Waals surface area contributed by atoms with Crippen LogP contribution in [0.2, 0.25) is 0 Å². The van der Waals surface area contributed by atoms with Crippen LogP contribution in [-0.2, 0) is 17.8 Å². The van der Waals surface area contributed by atoms with Gasteiger partial charge in [0.2, 0.25) is 0 Å². The molecule has 204 valence electrons. The van der Waals surface area contributed by atoms with Gasteiger partial charge in [-0.15, -0.1) is 0 Å². The number of carbonyl (C=O) groups is 3. The van der Waals surface area contributed by atoms with E-state index in [0.29, 0.717) is 41.8 Å². The van der Waals surface area contributed by atoms with Crippen molar-refractivity contribution >= 4 is 17.8 Å². The molecular formula is C34H34N2O4. The molecule has 0 saturated heterocycles. The zero-order valence-corrected chi connectivity index (χ0v) is 22.7. The van der Waals surface area contributed by atoms with Gasteiger partial charge in [-0.3, -0.25) is 14.4 Å². The Kier molecular flexibility index (Phi) is 9.83. The predicted molar refractivity (Wildman–Crippen MR) is 157 cm³/mol.